The van der Waals surface area contributed by atoms with Crippen molar-refractivity contribution in [1.82, 2.24) is 10.5 Å². The molecule has 0 saturated heterocycles. The Morgan fingerprint density at radius 1 is 1.17 bits per heavy atom. The molecule has 0 aliphatic heterocycles. The predicted octanol–water partition coefficient (Wildman–Crippen LogP) is 3.44. The molecular weight excluding hydrogens is 329 g/mol. The minimum absolute atomic E-state index is 0.00679. The van der Waals surface area contributed by atoms with Crippen molar-refractivity contribution in [2.24, 2.45) is 0 Å². The fourth-order valence-electron chi connectivity index (χ4n) is 1.58. The summed E-state index contributed by atoms with van der Waals surface area (Å²) < 4.78 is 37.2. The number of nitrogens with zero attached hydrogens (tertiary/aromatic N) is 1. The predicted molar refractivity (Wildman–Crippen MR) is 79.3 cm³/mol. The molecule has 0 saturated carbocycles. The average Bonchev–Trinajstić information content (AvgIpc) is 2.53. The van der Waals surface area contributed by atoms with Gasteiger partial charge in [0.05, 0.1) is 22.9 Å². The van der Waals surface area contributed by atoms with Gasteiger partial charge in [-0.25, -0.2) is 10.5 Å². The molecule has 0 fully saturated rings. The molecule has 23 heavy (non-hydrogen) atoms. The highest BCUT2D eigenvalue weighted by Crippen LogP contribution is 2.29. The lowest BCUT2D eigenvalue weighted by Crippen LogP contribution is -2.25. The molecule has 0 atom stereocenters. The Morgan fingerprint density at radius 2 is 1.91 bits per heavy atom. The SMILES string of the molecule is O=C(CSc1ccc(C(F)(F)F)cn1)NOCc1ccccc1. The molecule has 122 valence electrons. The van der Waals surface area contributed by atoms with Crippen molar-refractivity contribution in [1.29, 1.82) is 0 Å². The number of thioether (sulfide) groups is 1. The van der Waals surface area contributed by atoms with Gasteiger partial charge >= 0.3 is 6.18 Å². The van der Waals surface area contributed by atoms with Gasteiger partial charge in [0.15, 0.2) is 0 Å². The van der Waals surface area contributed by atoms with Crippen LogP contribution in [0.25, 0.3) is 0 Å². The fraction of sp³-hybridized carbons (Fsp3) is 0.200. The van der Waals surface area contributed by atoms with Gasteiger partial charge in [-0.05, 0) is 17.7 Å². The first-order valence-corrected chi connectivity index (χ1v) is 7.54. The van der Waals surface area contributed by atoms with E-state index >= 15 is 0 Å². The second-order valence-electron chi connectivity index (χ2n) is 4.47. The normalized spacial score (nSPS) is 11.3. The van der Waals surface area contributed by atoms with Crippen molar-refractivity contribution in [3.8, 4) is 0 Å². The van der Waals surface area contributed by atoms with Crippen LogP contribution >= 0.6 is 11.8 Å². The second-order valence-corrected chi connectivity index (χ2v) is 5.47. The molecule has 0 radical (unpaired) electrons. The molecule has 0 aliphatic rings. The van der Waals surface area contributed by atoms with Crippen molar-refractivity contribution < 1.29 is 22.8 Å². The van der Waals surface area contributed by atoms with Gasteiger partial charge in [0.2, 0.25) is 0 Å². The average molecular weight is 342 g/mol. The van der Waals surface area contributed by atoms with Crippen LogP contribution in [0.4, 0.5) is 13.2 Å². The van der Waals surface area contributed by atoms with Crippen LogP contribution < -0.4 is 5.48 Å². The third kappa shape index (κ3) is 5.91. The molecule has 2 aromatic rings. The number of rotatable bonds is 6. The summed E-state index contributed by atoms with van der Waals surface area (Å²) in [7, 11) is 0. The highest BCUT2D eigenvalue weighted by molar-refractivity contribution is 7.99. The zero-order valence-electron chi connectivity index (χ0n) is 11.8. The van der Waals surface area contributed by atoms with E-state index in [1.165, 1.54) is 6.07 Å². The molecule has 1 amide bonds. The molecule has 0 spiro atoms. The van der Waals surface area contributed by atoms with Crippen LogP contribution in [0.2, 0.25) is 0 Å². The zero-order chi connectivity index (χ0) is 16.7. The highest BCUT2D eigenvalue weighted by Gasteiger charge is 2.30. The Balaban J connectivity index is 1.72. The molecule has 1 heterocycles. The van der Waals surface area contributed by atoms with E-state index in [1.807, 2.05) is 30.3 Å². The first kappa shape index (κ1) is 17.3. The van der Waals surface area contributed by atoms with E-state index in [0.29, 0.717) is 5.03 Å². The van der Waals surface area contributed by atoms with Gasteiger partial charge in [-0.3, -0.25) is 9.63 Å². The molecule has 4 nitrogen and oxygen atoms in total. The largest absolute Gasteiger partial charge is 0.417 e. The summed E-state index contributed by atoms with van der Waals surface area (Å²) in [6, 6.07) is 11.4. The van der Waals surface area contributed by atoms with Crippen molar-refractivity contribution in [2.75, 3.05) is 5.75 Å². The zero-order valence-corrected chi connectivity index (χ0v) is 12.7. The number of aromatic nitrogens is 1. The molecule has 1 N–H and O–H groups in total. The molecular formula is C15H13F3N2O2S. The maximum Gasteiger partial charge on any atom is 0.417 e. The van der Waals surface area contributed by atoms with Gasteiger partial charge in [0.25, 0.3) is 5.91 Å². The van der Waals surface area contributed by atoms with E-state index in [9.17, 15) is 18.0 Å². The summed E-state index contributed by atoms with van der Waals surface area (Å²) in [5.41, 5.74) is 2.35. The molecule has 0 unspecified atom stereocenters. The monoisotopic (exact) mass is 342 g/mol. The molecule has 0 bridgehead atoms. The van der Waals surface area contributed by atoms with Crippen LogP contribution in [0.15, 0.2) is 53.7 Å². The first-order chi connectivity index (χ1) is 10.9. The maximum absolute atomic E-state index is 12.4. The molecule has 1 aromatic carbocycles. The lowest BCUT2D eigenvalue weighted by Gasteiger charge is -2.07. The van der Waals surface area contributed by atoms with Crippen LogP contribution in [0.1, 0.15) is 11.1 Å². The molecule has 1 aromatic heterocycles. The quantitative estimate of drug-likeness (QED) is 0.645. The van der Waals surface area contributed by atoms with E-state index in [2.05, 4.69) is 10.5 Å². The number of hydroxylamine groups is 1. The number of alkyl halides is 3. The Hall–Kier alpha value is -2.06. The minimum Gasteiger partial charge on any atom is -0.272 e. The summed E-state index contributed by atoms with van der Waals surface area (Å²) in [5, 5.41) is 0.330. The van der Waals surface area contributed by atoms with Crippen molar-refractivity contribution in [2.45, 2.75) is 17.8 Å². The number of amides is 1. The van der Waals surface area contributed by atoms with Crippen molar-refractivity contribution in [3.05, 3.63) is 59.8 Å². The lowest BCUT2D eigenvalue weighted by molar-refractivity contribution is -0.138. The molecule has 8 heteroatoms. The lowest BCUT2D eigenvalue weighted by atomic mass is 10.2. The maximum atomic E-state index is 12.4. The highest BCUT2D eigenvalue weighted by atomic mass is 32.2. The number of benzene rings is 1. The smallest absolute Gasteiger partial charge is 0.272 e. The topological polar surface area (TPSA) is 51.2 Å². The second kappa shape index (κ2) is 7.98. The van der Waals surface area contributed by atoms with Gasteiger partial charge in [0.1, 0.15) is 0 Å². The van der Waals surface area contributed by atoms with Gasteiger partial charge in [0, 0.05) is 6.20 Å². The summed E-state index contributed by atoms with van der Waals surface area (Å²) >= 11 is 1.02. The van der Waals surface area contributed by atoms with Gasteiger partial charge in [-0.15, -0.1) is 0 Å². The van der Waals surface area contributed by atoms with E-state index in [4.69, 9.17) is 4.84 Å². The number of pyridine rings is 1. The number of halogens is 3. The summed E-state index contributed by atoms with van der Waals surface area (Å²) in [6.45, 7) is 0.232. The Kier molecular flexibility index (Phi) is 6.00. The number of nitrogens with one attached hydrogen (secondary N) is 1. The minimum atomic E-state index is -4.42. The fourth-order valence-corrected chi connectivity index (χ4v) is 2.21. The van der Waals surface area contributed by atoms with Crippen LogP contribution in [0, 0.1) is 0 Å². The Labute approximate surface area is 135 Å². The molecule has 2 rings (SSSR count). The third-order valence-electron chi connectivity index (χ3n) is 2.68. The number of hydrogen-bond donors (Lipinski definition) is 1. The summed E-state index contributed by atoms with van der Waals surface area (Å²) in [4.78, 5) is 20.3. The van der Waals surface area contributed by atoms with Gasteiger partial charge in [-0.1, -0.05) is 42.1 Å². The van der Waals surface area contributed by atoms with Gasteiger partial charge in [-0.2, -0.15) is 13.2 Å². The number of carbonyl (C=O) groups is 1. The number of carbonyl (C=O) groups excluding carboxylic acids is 1. The van der Waals surface area contributed by atoms with Gasteiger partial charge < -0.3 is 0 Å². The Morgan fingerprint density at radius 3 is 2.52 bits per heavy atom. The standard InChI is InChI=1S/C15H13F3N2O2S/c16-15(17,18)12-6-7-14(19-8-12)23-10-13(21)20-22-9-11-4-2-1-3-5-11/h1-8H,9-10H2,(H,20,21). The number of hydrogen-bond acceptors (Lipinski definition) is 4. The summed E-state index contributed by atoms with van der Waals surface area (Å²) in [5.74, 6) is -0.403. The van der Waals surface area contributed by atoms with Crippen LogP contribution in [-0.4, -0.2) is 16.6 Å². The first-order valence-electron chi connectivity index (χ1n) is 6.56. The van der Waals surface area contributed by atoms with E-state index in [1.54, 1.807) is 0 Å². The van der Waals surface area contributed by atoms with Crippen LogP contribution in [0.5, 0.6) is 0 Å². The van der Waals surface area contributed by atoms with E-state index in [-0.39, 0.29) is 12.4 Å². The van der Waals surface area contributed by atoms with E-state index < -0.39 is 17.6 Å². The van der Waals surface area contributed by atoms with Crippen molar-refractivity contribution >= 4 is 17.7 Å². The Bertz CT molecular complexity index is 633. The molecule has 0 aliphatic carbocycles. The van der Waals surface area contributed by atoms with Crippen LogP contribution in [-0.2, 0) is 22.4 Å². The van der Waals surface area contributed by atoms with E-state index in [0.717, 1.165) is 29.6 Å². The third-order valence-corrected chi connectivity index (χ3v) is 3.63. The van der Waals surface area contributed by atoms with Crippen molar-refractivity contribution in [3.63, 3.8) is 0 Å². The van der Waals surface area contributed by atoms with Crippen LogP contribution in [0.3, 0.4) is 0 Å². The summed E-state index contributed by atoms with van der Waals surface area (Å²) in [6.07, 6.45) is -3.68.